The fourth-order valence-electron chi connectivity index (χ4n) is 2.42. The number of ether oxygens (including phenoxy) is 1. The van der Waals surface area contributed by atoms with Gasteiger partial charge in [0.1, 0.15) is 17.4 Å². The molecule has 0 fully saturated rings. The van der Waals surface area contributed by atoms with Crippen LogP contribution in [0.25, 0.3) is 0 Å². The summed E-state index contributed by atoms with van der Waals surface area (Å²) in [5, 5.41) is 4.73. The van der Waals surface area contributed by atoms with Gasteiger partial charge < -0.3 is 21.1 Å². The topological polar surface area (TPSA) is 93.4 Å². The van der Waals surface area contributed by atoms with E-state index in [1.54, 1.807) is 12.1 Å². The second kappa shape index (κ2) is 9.51. The highest BCUT2D eigenvalue weighted by molar-refractivity contribution is 5.89. The van der Waals surface area contributed by atoms with Gasteiger partial charge >= 0.3 is 6.03 Å². The number of hydrogen-bond donors (Lipinski definition) is 3. The molecule has 0 aliphatic carbocycles. The molecule has 0 bridgehead atoms. The average Bonchev–Trinajstić information content (AvgIpc) is 2.62. The van der Waals surface area contributed by atoms with E-state index < -0.39 is 29.5 Å². The molecule has 8 heteroatoms. The monoisotopic (exact) mass is 377 g/mol. The van der Waals surface area contributed by atoms with Crippen LogP contribution in [0.1, 0.15) is 12.5 Å². The molecule has 0 aromatic heterocycles. The van der Waals surface area contributed by atoms with Crippen LogP contribution in [0.5, 0.6) is 5.75 Å². The van der Waals surface area contributed by atoms with E-state index in [4.69, 9.17) is 10.5 Å². The van der Waals surface area contributed by atoms with Crippen molar-refractivity contribution in [1.29, 1.82) is 0 Å². The maximum atomic E-state index is 13.5. The number of carbonyl (C=O) groups is 2. The third kappa shape index (κ3) is 6.25. The van der Waals surface area contributed by atoms with Crippen molar-refractivity contribution < 1.29 is 23.1 Å². The zero-order valence-corrected chi connectivity index (χ0v) is 14.8. The Morgan fingerprint density at radius 3 is 2.44 bits per heavy atom. The van der Waals surface area contributed by atoms with Crippen LogP contribution >= 0.6 is 0 Å². The molecule has 0 aliphatic rings. The van der Waals surface area contributed by atoms with Crippen LogP contribution in [0.15, 0.2) is 42.5 Å². The first kappa shape index (κ1) is 20.2. The molecule has 144 valence electrons. The molecule has 6 nitrogen and oxygen atoms in total. The average molecular weight is 377 g/mol. The van der Waals surface area contributed by atoms with Crippen molar-refractivity contribution in [3.05, 3.63) is 59.7 Å². The van der Waals surface area contributed by atoms with Gasteiger partial charge in [-0.05, 0) is 43.2 Å². The summed E-state index contributed by atoms with van der Waals surface area (Å²) in [6.07, 6.45) is 0.326. The highest BCUT2D eigenvalue weighted by atomic mass is 19.1. The van der Waals surface area contributed by atoms with Crippen molar-refractivity contribution in [2.45, 2.75) is 13.3 Å². The van der Waals surface area contributed by atoms with E-state index >= 15 is 0 Å². The van der Waals surface area contributed by atoms with Gasteiger partial charge in [0.05, 0.1) is 18.2 Å². The summed E-state index contributed by atoms with van der Waals surface area (Å²) in [5.41, 5.74) is 6.09. The molecule has 0 spiro atoms. The number of amides is 3. The number of nitrogens with two attached hydrogens (primary N) is 1. The first-order valence-electron chi connectivity index (χ1n) is 8.40. The van der Waals surface area contributed by atoms with Gasteiger partial charge in [0, 0.05) is 12.6 Å². The number of benzene rings is 2. The number of nitrogens with one attached hydrogen (secondary N) is 2. The molecule has 1 atom stereocenters. The van der Waals surface area contributed by atoms with E-state index in [1.807, 2.05) is 19.1 Å². The van der Waals surface area contributed by atoms with Crippen LogP contribution in [0.3, 0.4) is 0 Å². The summed E-state index contributed by atoms with van der Waals surface area (Å²) in [4.78, 5) is 23.6. The highest BCUT2D eigenvalue weighted by Gasteiger charge is 2.18. The molecule has 2 rings (SSSR count). The minimum Gasteiger partial charge on any atom is -0.494 e. The molecule has 2 aromatic carbocycles. The SMILES string of the molecule is CCOc1ccc(CC(CNC(=O)Nc2ccc(F)cc2F)C(N)=O)cc1. The maximum absolute atomic E-state index is 13.5. The fraction of sp³-hybridized carbons (Fsp3) is 0.263. The lowest BCUT2D eigenvalue weighted by molar-refractivity contribution is -0.121. The van der Waals surface area contributed by atoms with Gasteiger partial charge in [0.2, 0.25) is 5.91 Å². The number of primary amides is 1. The zero-order chi connectivity index (χ0) is 19.8. The summed E-state index contributed by atoms with van der Waals surface area (Å²) < 4.78 is 31.8. The van der Waals surface area contributed by atoms with Crippen molar-refractivity contribution >= 4 is 17.6 Å². The van der Waals surface area contributed by atoms with Crippen LogP contribution in [0.2, 0.25) is 0 Å². The number of urea groups is 1. The second-order valence-electron chi connectivity index (χ2n) is 5.84. The Kier molecular flexibility index (Phi) is 7.10. The van der Waals surface area contributed by atoms with Crippen LogP contribution in [0, 0.1) is 17.6 Å². The number of halogens is 2. The summed E-state index contributed by atoms with van der Waals surface area (Å²) in [5.74, 6) is -2.15. The van der Waals surface area contributed by atoms with E-state index in [-0.39, 0.29) is 12.2 Å². The van der Waals surface area contributed by atoms with Gasteiger partial charge in [-0.2, -0.15) is 0 Å². The summed E-state index contributed by atoms with van der Waals surface area (Å²) >= 11 is 0. The van der Waals surface area contributed by atoms with Crippen LogP contribution < -0.4 is 21.1 Å². The van der Waals surface area contributed by atoms with E-state index in [1.165, 1.54) is 0 Å². The van der Waals surface area contributed by atoms with E-state index in [2.05, 4.69) is 10.6 Å². The van der Waals surface area contributed by atoms with E-state index in [0.29, 0.717) is 19.1 Å². The van der Waals surface area contributed by atoms with Gasteiger partial charge in [0.15, 0.2) is 0 Å². The number of rotatable bonds is 8. The molecule has 0 saturated heterocycles. The predicted octanol–water partition coefficient (Wildman–Crippen LogP) is 2.83. The van der Waals surface area contributed by atoms with Gasteiger partial charge in [-0.1, -0.05) is 12.1 Å². The molecule has 2 aromatic rings. The van der Waals surface area contributed by atoms with Crippen molar-refractivity contribution in [3.8, 4) is 5.75 Å². The Balaban J connectivity index is 1.91. The quantitative estimate of drug-likeness (QED) is 0.660. The largest absolute Gasteiger partial charge is 0.494 e. The van der Waals surface area contributed by atoms with E-state index in [0.717, 1.165) is 23.4 Å². The van der Waals surface area contributed by atoms with Crippen LogP contribution in [-0.4, -0.2) is 25.1 Å². The molecule has 0 saturated carbocycles. The lowest BCUT2D eigenvalue weighted by atomic mass is 9.98. The van der Waals surface area contributed by atoms with Crippen molar-refractivity contribution in [2.24, 2.45) is 11.7 Å². The molecular weight excluding hydrogens is 356 g/mol. The number of carbonyl (C=O) groups excluding carboxylic acids is 2. The minimum atomic E-state index is -0.897. The van der Waals surface area contributed by atoms with Crippen LogP contribution in [0.4, 0.5) is 19.3 Å². The Bertz CT molecular complexity index is 797. The lowest BCUT2D eigenvalue weighted by Gasteiger charge is -2.15. The Hall–Kier alpha value is -3.16. The van der Waals surface area contributed by atoms with E-state index in [9.17, 15) is 18.4 Å². The third-order valence-corrected chi connectivity index (χ3v) is 3.81. The molecule has 0 aliphatic heterocycles. The highest BCUT2D eigenvalue weighted by Crippen LogP contribution is 2.16. The smallest absolute Gasteiger partial charge is 0.319 e. The Morgan fingerprint density at radius 1 is 1.15 bits per heavy atom. The Labute approximate surface area is 155 Å². The van der Waals surface area contributed by atoms with Crippen LogP contribution in [-0.2, 0) is 11.2 Å². The molecule has 3 amide bonds. The summed E-state index contributed by atoms with van der Waals surface area (Å²) in [7, 11) is 0. The molecule has 27 heavy (non-hydrogen) atoms. The second-order valence-corrected chi connectivity index (χ2v) is 5.84. The number of hydrogen-bond acceptors (Lipinski definition) is 3. The Morgan fingerprint density at radius 2 is 1.85 bits per heavy atom. The van der Waals surface area contributed by atoms with Crippen molar-refractivity contribution in [3.63, 3.8) is 0 Å². The standard InChI is InChI=1S/C19H21F2N3O3/c1-2-27-15-6-3-12(4-7-15)9-13(18(22)25)11-23-19(26)24-17-8-5-14(20)10-16(17)21/h3-8,10,13H,2,9,11H2,1H3,(H2,22,25)(H2,23,24,26). The van der Waals surface area contributed by atoms with Gasteiger partial charge in [-0.3, -0.25) is 4.79 Å². The zero-order valence-electron chi connectivity index (χ0n) is 14.8. The maximum Gasteiger partial charge on any atom is 0.319 e. The third-order valence-electron chi connectivity index (χ3n) is 3.81. The molecule has 1 unspecified atom stereocenters. The summed E-state index contributed by atoms with van der Waals surface area (Å²) in [6, 6.07) is 9.27. The predicted molar refractivity (Wildman–Crippen MR) is 97.4 cm³/mol. The summed E-state index contributed by atoms with van der Waals surface area (Å²) in [6.45, 7) is 2.40. The molecule has 0 heterocycles. The minimum absolute atomic E-state index is 0.0306. The molecule has 4 N–H and O–H groups in total. The normalized spacial score (nSPS) is 11.5. The fourth-order valence-corrected chi connectivity index (χ4v) is 2.42. The molecule has 0 radical (unpaired) electrons. The van der Waals surface area contributed by atoms with Crippen molar-refractivity contribution in [1.82, 2.24) is 5.32 Å². The first-order chi connectivity index (χ1) is 12.9. The van der Waals surface area contributed by atoms with Gasteiger partial charge in [-0.15, -0.1) is 0 Å². The number of anilines is 1. The lowest BCUT2D eigenvalue weighted by Crippen LogP contribution is -2.39. The van der Waals surface area contributed by atoms with Crippen molar-refractivity contribution in [2.75, 3.05) is 18.5 Å². The molecular formula is C19H21F2N3O3. The van der Waals surface area contributed by atoms with Gasteiger partial charge in [-0.25, -0.2) is 13.6 Å². The first-order valence-corrected chi connectivity index (χ1v) is 8.40. The van der Waals surface area contributed by atoms with Gasteiger partial charge in [0.25, 0.3) is 0 Å².